The van der Waals surface area contributed by atoms with E-state index in [0.29, 0.717) is 22.8 Å². The van der Waals surface area contributed by atoms with Crippen molar-refractivity contribution in [2.24, 2.45) is 5.14 Å². The zero-order chi connectivity index (χ0) is 26.0. The summed E-state index contributed by atoms with van der Waals surface area (Å²) in [5, 5.41) is 10.1. The van der Waals surface area contributed by atoms with Crippen LogP contribution in [0.2, 0.25) is 0 Å². The van der Waals surface area contributed by atoms with Crippen molar-refractivity contribution in [2.75, 3.05) is 24.0 Å². The maximum absolute atomic E-state index is 13.6. The highest BCUT2D eigenvalue weighted by Gasteiger charge is 2.35. The number of nitrogens with one attached hydrogen (secondary N) is 2. The number of alkyl halides is 3. The Kier molecular flexibility index (Phi) is 7.53. The minimum absolute atomic E-state index is 0.103. The number of anilines is 3. The van der Waals surface area contributed by atoms with E-state index in [1.807, 2.05) is 0 Å². The molecule has 35 heavy (non-hydrogen) atoms. The summed E-state index contributed by atoms with van der Waals surface area (Å²) in [6, 6.07) is 9.63. The number of pyridine rings is 1. The molecular weight excluding hydrogens is 504 g/mol. The molecule has 188 valence electrons. The lowest BCUT2D eigenvalue weighted by Crippen LogP contribution is -2.22. The number of sulfonamides is 1. The molecule has 0 aliphatic heterocycles. The molecule has 1 aromatic carbocycles. The number of benzene rings is 1. The van der Waals surface area contributed by atoms with E-state index >= 15 is 0 Å². The van der Waals surface area contributed by atoms with Gasteiger partial charge >= 0.3 is 6.18 Å². The van der Waals surface area contributed by atoms with Gasteiger partial charge in [0.15, 0.2) is 0 Å². The molecule has 4 N–H and O–H groups in total. The number of nitrogens with two attached hydrogens (primary N) is 1. The molecule has 3 aromatic rings. The highest BCUT2D eigenvalue weighted by atomic mass is 32.2. The monoisotopic (exact) mass is 528 g/mol. The van der Waals surface area contributed by atoms with E-state index in [-0.39, 0.29) is 18.2 Å². The number of hydrogen-bond acceptors (Lipinski definition) is 8. The van der Waals surface area contributed by atoms with Crippen LogP contribution in [0.3, 0.4) is 0 Å². The molecule has 0 saturated heterocycles. The van der Waals surface area contributed by atoms with E-state index in [2.05, 4.69) is 25.6 Å². The van der Waals surface area contributed by atoms with Crippen LogP contribution in [0.5, 0.6) is 0 Å². The van der Waals surface area contributed by atoms with Gasteiger partial charge in [-0.1, -0.05) is 6.07 Å². The molecule has 2 heterocycles. The first kappa shape index (κ1) is 26.6. The quantitative estimate of drug-likeness (QED) is 0.375. The lowest BCUT2D eigenvalue weighted by Gasteiger charge is -2.17. The maximum atomic E-state index is 13.6. The Labute approximate surface area is 200 Å². The number of halogens is 3. The number of aromatic nitrogens is 3. The van der Waals surface area contributed by atoms with Crippen molar-refractivity contribution in [3.05, 3.63) is 65.6 Å². The van der Waals surface area contributed by atoms with Gasteiger partial charge in [0.2, 0.25) is 16.0 Å². The van der Waals surface area contributed by atoms with Crippen molar-refractivity contribution in [1.82, 2.24) is 15.0 Å². The van der Waals surface area contributed by atoms with Crippen molar-refractivity contribution in [2.45, 2.75) is 24.9 Å². The van der Waals surface area contributed by atoms with Crippen LogP contribution < -0.4 is 21.1 Å². The first-order valence-corrected chi connectivity index (χ1v) is 14.4. The summed E-state index contributed by atoms with van der Waals surface area (Å²) in [6.07, 6.45) is -2.72. The minimum Gasteiger partial charge on any atom is -0.365 e. The fourth-order valence-corrected chi connectivity index (χ4v) is 4.51. The molecule has 3 rings (SSSR count). The first-order chi connectivity index (χ1) is 16.2. The van der Waals surface area contributed by atoms with Gasteiger partial charge in [-0.05, 0) is 56.1 Å². The first-order valence-electron chi connectivity index (χ1n) is 10.2. The average Bonchev–Trinajstić information content (AvgIpc) is 2.76. The normalized spacial score (nSPS) is 13.3. The predicted molar refractivity (Wildman–Crippen MR) is 129 cm³/mol. The summed E-state index contributed by atoms with van der Waals surface area (Å²) < 4.78 is 76.4. The molecule has 9 nitrogen and oxygen atoms in total. The Morgan fingerprint density at radius 2 is 1.77 bits per heavy atom. The number of nitrogens with zero attached hydrogens (tertiary/aromatic N) is 3. The van der Waals surface area contributed by atoms with E-state index in [4.69, 9.17) is 5.14 Å². The standard InChI is InChI=1S/C21H24F3N6O3PS/c1-13(35(25,32)33)18-14(5-4-10-26-18)11-27-19-17(21(22,23)24)12-28-20(30-19)29-15-6-8-16(9-7-15)34(2,3)31/h4-10,12-13H,11H2,1-3H3,(H2,25,32,33)(H2,27,28,29,30). The average molecular weight is 528 g/mol. The molecule has 0 spiro atoms. The van der Waals surface area contributed by atoms with Gasteiger partial charge in [0.1, 0.15) is 23.8 Å². The molecule has 0 bridgehead atoms. The van der Waals surface area contributed by atoms with Crippen LogP contribution in [0.1, 0.15) is 29.0 Å². The third-order valence-electron chi connectivity index (χ3n) is 5.09. The topological polar surface area (TPSA) is 140 Å². The van der Waals surface area contributed by atoms with Crippen molar-refractivity contribution in [3.8, 4) is 0 Å². The molecule has 2 aromatic heterocycles. The van der Waals surface area contributed by atoms with Gasteiger partial charge < -0.3 is 15.2 Å². The molecular formula is C21H24F3N6O3PS. The number of hydrogen-bond donors (Lipinski definition) is 3. The van der Waals surface area contributed by atoms with Gasteiger partial charge in [-0.2, -0.15) is 18.2 Å². The van der Waals surface area contributed by atoms with Crippen LogP contribution in [-0.2, 0) is 27.3 Å². The largest absolute Gasteiger partial charge is 0.421 e. The summed E-state index contributed by atoms with van der Waals surface area (Å²) in [5.74, 6) is -0.606. The molecule has 1 atom stereocenters. The summed E-state index contributed by atoms with van der Waals surface area (Å²) in [5.41, 5.74) is -0.146. The van der Waals surface area contributed by atoms with Gasteiger partial charge in [0.25, 0.3) is 0 Å². The molecule has 0 saturated carbocycles. The Bertz CT molecular complexity index is 1360. The summed E-state index contributed by atoms with van der Waals surface area (Å²) >= 11 is 0. The van der Waals surface area contributed by atoms with Crippen molar-refractivity contribution < 1.29 is 26.2 Å². The van der Waals surface area contributed by atoms with Crippen LogP contribution in [-0.4, -0.2) is 36.7 Å². The Balaban J connectivity index is 1.89. The Morgan fingerprint density at radius 3 is 2.34 bits per heavy atom. The summed E-state index contributed by atoms with van der Waals surface area (Å²) in [7, 11) is -6.43. The second-order valence-electron chi connectivity index (χ2n) is 8.11. The van der Waals surface area contributed by atoms with Crippen LogP contribution in [0.15, 0.2) is 48.8 Å². The molecule has 0 aliphatic carbocycles. The summed E-state index contributed by atoms with van der Waals surface area (Å²) in [4.78, 5) is 11.8. The van der Waals surface area contributed by atoms with Crippen molar-refractivity contribution >= 4 is 39.9 Å². The fraction of sp³-hybridized carbons (Fsp3) is 0.286. The lowest BCUT2D eigenvalue weighted by molar-refractivity contribution is -0.137. The third-order valence-corrected chi connectivity index (χ3v) is 7.84. The summed E-state index contributed by atoms with van der Waals surface area (Å²) in [6.45, 7) is 4.41. The van der Waals surface area contributed by atoms with Crippen molar-refractivity contribution in [1.29, 1.82) is 0 Å². The molecule has 14 heteroatoms. The van der Waals surface area contributed by atoms with Gasteiger partial charge in [-0.25, -0.2) is 18.5 Å². The van der Waals surface area contributed by atoms with E-state index < -0.39 is 40.0 Å². The Morgan fingerprint density at radius 1 is 1.11 bits per heavy atom. The van der Waals surface area contributed by atoms with E-state index in [9.17, 15) is 26.2 Å². The van der Waals surface area contributed by atoms with E-state index in [1.54, 1.807) is 37.6 Å². The van der Waals surface area contributed by atoms with Gasteiger partial charge in [0, 0.05) is 29.9 Å². The highest BCUT2D eigenvalue weighted by molar-refractivity contribution is 7.89. The minimum atomic E-state index is -4.74. The molecule has 0 aliphatic rings. The predicted octanol–water partition coefficient (Wildman–Crippen LogP) is 3.84. The second-order valence-corrected chi connectivity index (χ2v) is 13.2. The van der Waals surface area contributed by atoms with E-state index in [0.717, 1.165) is 0 Å². The fourth-order valence-electron chi connectivity index (χ4n) is 3.12. The molecule has 1 unspecified atom stereocenters. The van der Waals surface area contributed by atoms with Gasteiger partial charge in [-0.3, -0.25) is 4.98 Å². The van der Waals surface area contributed by atoms with Gasteiger partial charge in [0.05, 0.1) is 5.69 Å². The number of rotatable bonds is 8. The zero-order valence-corrected chi connectivity index (χ0v) is 20.7. The molecule has 0 amide bonds. The second kappa shape index (κ2) is 9.92. The van der Waals surface area contributed by atoms with Crippen LogP contribution in [0.4, 0.5) is 30.6 Å². The van der Waals surface area contributed by atoms with Crippen LogP contribution in [0, 0.1) is 0 Å². The van der Waals surface area contributed by atoms with E-state index in [1.165, 1.54) is 25.3 Å². The molecule has 0 fully saturated rings. The SMILES string of the molecule is CC(c1ncccc1CNc1nc(Nc2ccc(P(C)(C)=O)cc2)ncc1C(F)(F)F)S(N)(=O)=O. The Hall–Kier alpha value is -3.02. The highest BCUT2D eigenvalue weighted by Crippen LogP contribution is 2.36. The zero-order valence-electron chi connectivity index (χ0n) is 19.0. The third kappa shape index (κ3) is 6.77. The van der Waals surface area contributed by atoms with Crippen LogP contribution >= 0.6 is 7.14 Å². The maximum Gasteiger partial charge on any atom is 0.421 e. The smallest absolute Gasteiger partial charge is 0.365 e. The van der Waals surface area contributed by atoms with Crippen molar-refractivity contribution in [3.63, 3.8) is 0 Å². The van der Waals surface area contributed by atoms with Gasteiger partial charge in [-0.15, -0.1) is 0 Å². The molecule has 0 radical (unpaired) electrons. The lowest BCUT2D eigenvalue weighted by atomic mass is 10.1. The van der Waals surface area contributed by atoms with Crippen LogP contribution in [0.25, 0.3) is 0 Å². The number of primary sulfonamides is 1.